The van der Waals surface area contributed by atoms with Crippen LogP contribution in [0.25, 0.3) is 0 Å². The number of amides is 2. The first-order valence-corrected chi connectivity index (χ1v) is 7.49. The Balaban J connectivity index is 1.87. The van der Waals surface area contributed by atoms with Crippen LogP contribution in [-0.4, -0.2) is 42.5 Å². The zero-order valence-corrected chi connectivity index (χ0v) is 12.9. The minimum atomic E-state index is -0.206. The van der Waals surface area contributed by atoms with Gasteiger partial charge in [0.05, 0.1) is 11.3 Å². The van der Waals surface area contributed by atoms with Gasteiger partial charge in [-0.1, -0.05) is 19.9 Å². The summed E-state index contributed by atoms with van der Waals surface area (Å²) in [6, 6.07) is 5.32. The summed E-state index contributed by atoms with van der Waals surface area (Å²) in [5.41, 5.74) is 7.06. The van der Waals surface area contributed by atoms with Crippen molar-refractivity contribution < 1.29 is 14.3 Å². The van der Waals surface area contributed by atoms with Crippen LogP contribution in [0.15, 0.2) is 18.2 Å². The topological polar surface area (TPSA) is 84.7 Å². The zero-order chi connectivity index (χ0) is 15.9. The number of piperidine rings is 1. The maximum absolute atomic E-state index is 12.8. The molecule has 1 aromatic carbocycles. The Hall–Kier alpha value is -2.08. The Morgan fingerprint density at radius 1 is 1.45 bits per heavy atom. The minimum Gasteiger partial charge on any atom is -0.481 e. The second-order valence-corrected chi connectivity index (χ2v) is 6.63. The van der Waals surface area contributed by atoms with Crippen LogP contribution in [-0.2, 0) is 4.79 Å². The number of nitrogens with zero attached hydrogens (tertiary/aromatic N) is 1. The maximum Gasteiger partial charge on any atom is 0.262 e. The van der Waals surface area contributed by atoms with Crippen LogP contribution in [0.3, 0.4) is 0 Å². The lowest BCUT2D eigenvalue weighted by Gasteiger charge is -2.42. The number of likely N-dealkylation sites (tertiary alicyclic amines) is 1. The molecule has 1 atom stereocenters. The number of carbonyl (C=O) groups is 2. The van der Waals surface area contributed by atoms with Crippen molar-refractivity contribution in [2.75, 3.05) is 25.0 Å². The molecule has 0 radical (unpaired) electrons. The average Bonchev–Trinajstić information content (AvgIpc) is 2.48. The van der Waals surface area contributed by atoms with Gasteiger partial charge in [0.15, 0.2) is 12.4 Å². The predicted octanol–water partition coefficient (Wildman–Crippen LogP) is 1.22. The van der Waals surface area contributed by atoms with Gasteiger partial charge in [-0.15, -0.1) is 0 Å². The lowest BCUT2D eigenvalue weighted by Crippen LogP contribution is -2.54. The van der Waals surface area contributed by atoms with Gasteiger partial charge in [-0.25, -0.2) is 0 Å². The van der Waals surface area contributed by atoms with E-state index in [2.05, 4.69) is 19.2 Å². The first kappa shape index (κ1) is 14.8. The monoisotopic (exact) mass is 303 g/mol. The number of nitrogens with two attached hydrogens (primary N) is 1. The summed E-state index contributed by atoms with van der Waals surface area (Å²) in [6.45, 7) is 5.35. The van der Waals surface area contributed by atoms with Crippen LogP contribution in [0, 0.1) is 5.41 Å². The van der Waals surface area contributed by atoms with Crippen molar-refractivity contribution in [2.45, 2.75) is 26.3 Å². The van der Waals surface area contributed by atoms with Gasteiger partial charge >= 0.3 is 0 Å². The summed E-state index contributed by atoms with van der Waals surface area (Å²) >= 11 is 0. The molecule has 1 unspecified atom stereocenters. The summed E-state index contributed by atoms with van der Waals surface area (Å²) in [4.78, 5) is 26.0. The minimum absolute atomic E-state index is 0.0618. The summed E-state index contributed by atoms with van der Waals surface area (Å²) in [5, 5.41) is 2.73. The van der Waals surface area contributed by atoms with Gasteiger partial charge in [-0.05, 0) is 24.0 Å². The van der Waals surface area contributed by atoms with E-state index in [1.54, 1.807) is 18.2 Å². The molecule has 1 saturated heterocycles. The van der Waals surface area contributed by atoms with Gasteiger partial charge in [-0.2, -0.15) is 0 Å². The molecular formula is C16H21N3O3. The Morgan fingerprint density at radius 3 is 2.95 bits per heavy atom. The van der Waals surface area contributed by atoms with Gasteiger partial charge in [0.2, 0.25) is 0 Å². The molecule has 0 aliphatic carbocycles. The summed E-state index contributed by atoms with van der Waals surface area (Å²) < 4.78 is 5.47. The molecule has 2 heterocycles. The summed E-state index contributed by atoms with van der Waals surface area (Å²) in [5.74, 6) is 0.176. The van der Waals surface area contributed by atoms with Crippen molar-refractivity contribution in [2.24, 2.45) is 11.1 Å². The highest BCUT2D eigenvalue weighted by Gasteiger charge is 2.36. The fourth-order valence-corrected chi connectivity index (χ4v) is 3.00. The third-order valence-electron chi connectivity index (χ3n) is 4.47. The number of fused-ring (bicyclic) bond motifs is 1. The predicted molar refractivity (Wildman–Crippen MR) is 82.8 cm³/mol. The third kappa shape index (κ3) is 2.54. The number of para-hydroxylation sites is 1. The molecule has 1 aromatic rings. The molecule has 3 rings (SSSR count). The van der Waals surface area contributed by atoms with E-state index in [0.29, 0.717) is 30.1 Å². The maximum atomic E-state index is 12.8. The second-order valence-electron chi connectivity index (χ2n) is 6.63. The van der Waals surface area contributed by atoms with Crippen LogP contribution in [0.4, 0.5) is 5.69 Å². The number of hydrogen-bond donors (Lipinski definition) is 2. The summed E-state index contributed by atoms with van der Waals surface area (Å²) in [7, 11) is 0. The molecule has 118 valence electrons. The SMILES string of the molecule is CC1(C)CN(C(=O)c2cccc3c2OCC(=O)N3)CCC1N. The fraction of sp³-hybridized carbons (Fsp3) is 0.500. The zero-order valence-electron chi connectivity index (χ0n) is 12.9. The molecule has 2 aliphatic rings. The lowest BCUT2D eigenvalue weighted by atomic mass is 9.79. The highest BCUT2D eigenvalue weighted by Crippen LogP contribution is 2.34. The number of hydrogen-bond acceptors (Lipinski definition) is 4. The second kappa shape index (κ2) is 5.28. The van der Waals surface area contributed by atoms with Gasteiger partial charge in [0.25, 0.3) is 11.8 Å². The smallest absolute Gasteiger partial charge is 0.262 e. The van der Waals surface area contributed by atoms with Gasteiger partial charge < -0.3 is 20.7 Å². The van der Waals surface area contributed by atoms with Crippen molar-refractivity contribution >= 4 is 17.5 Å². The first-order valence-electron chi connectivity index (χ1n) is 7.49. The molecule has 1 fully saturated rings. The molecule has 2 amide bonds. The van der Waals surface area contributed by atoms with Gasteiger partial charge in [0, 0.05) is 19.1 Å². The number of ether oxygens (including phenoxy) is 1. The number of rotatable bonds is 1. The normalized spacial score (nSPS) is 23.3. The third-order valence-corrected chi connectivity index (χ3v) is 4.47. The molecule has 0 aromatic heterocycles. The van der Waals surface area contributed by atoms with Crippen molar-refractivity contribution in [1.29, 1.82) is 0 Å². The van der Waals surface area contributed by atoms with E-state index in [1.165, 1.54) is 0 Å². The van der Waals surface area contributed by atoms with Crippen LogP contribution in [0.5, 0.6) is 5.75 Å². The average molecular weight is 303 g/mol. The van der Waals surface area contributed by atoms with Crippen LogP contribution >= 0.6 is 0 Å². The van der Waals surface area contributed by atoms with E-state index in [9.17, 15) is 9.59 Å². The van der Waals surface area contributed by atoms with Gasteiger partial charge in [-0.3, -0.25) is 9.59 Å². The van der Waals surface area contributed by atoms with E-state index < -0.39 is 0 Å². The molecular weight excluding hydrogens is 282 g/mol. The number of carbonyl (C=O) groups excluding carboxylic acids is 2. The molecule has 0 spiro atoms. The molecule has 22 heavy (non-hydrogen) atoms. The molecule has 2 aliphatic heterocycles. The van der Waals surface area contributed by atoms with E-state index in [4.69, 9.17) is 10.5 Å². The van der Waals surface area contributed by atoms with E-state index >= 15 is 0 Å². The number of anilines is 1. The standard InChI is InChI=1S/C16H21N3O3/c1-16(2)9-19(7-6-12(16)17)15(21)10-4-3-5-11-14(10)22-8-13(20)18-11/h3-5,12H,6-9,17H2,1-2H3,(H,18,20). The Labute approximate surface area is 129 Å². The highest BCUT2D eigenvalue weighted by molar-refractivity contribution is 6.03. The Bertz CT molecular complexity index is 627. The summed E-state index contributed by atoms with van der Waals surface area (Å²) in [6.07, 6.45) is 0.783. The van der Waals surface area contributed by atoms with Crippen molar-refractivity contribution in [3.8, 4) is 5.75 Å². The highest BCUT2D eigenvalue weighted by atomic mass is 16.5. The van der Waals surface area contributed by atoms with Crippen LogP contribution < -0.4 is 15.8 Å². The fourth-order valence-electron chi connectivity index (χ4n) is 3.00. The van der Waals surface area contributed by atoms with Gasteiger partial charge in [0.1, 0.15) is 0 Å². The quantitative estimate of drug-likeness (QED) is 0.817. The first-order chi connectivity index (χ1) is 10.4. The van der Waals surface area contributed by atoms with Crippen LogP contribution in [0.1, 0.15) is 30.6 Å². The molecule has 0 bridgehead atoms. The van der Waals surface area contributed by atoms with Crippen molar-refractivity contribution in [3.05, 3.63) is 23.8 Å². The number of benzene rings is 1. The molecule has 6 nitrogen and oxygen atoms in total. The lowest BCUT2D eigenvalue weighted by molar-refractivity contribution is -0.118. The van der Waals surface area contributed by atoms with Crippen molar-refractivity contribution in [1.82, 2.24) is 4.90 Å². The Morgan fingerprint density at radius 2 is 2.23 bits per heavy atom. The van der Waals surface area contributed by atoms with E-state index in [1.807, 2.05) is 4.90 Å². The Kier molecular flexibility index (Phi) is 3.56. The van der Waals surface area contributed by atoms with E-state index in [-0.39, 0.29) is 29.9 Å². The molecule has 6 heteroatoms. The molecule has 3 N–H and O–H groups in total. The van der Waals surface area contributed by atoms with Crippen LogP contribution in [0.2, 0.25) is 0 Å². The number of nitrogens with one attached hydrogen (secondary N) is 1. The largest absolute Gasteiger partial charge is 0.481 e. The molecule has 0 saturated carbocycles. The van der Waals surface area contributed by atoms with Crippen molar-refractivity contribution in [3.63, 3.8) is 0 Å². The van der Waals surface area contributed by atoms with E-state index in [0.717, 1.165) is 6.42 Å².